The molecule has 1 N–H and O–H groups in total. The van der Waals surface area contributed by atoms with Gasteiger partial charge in [0.1, 0.15) is 6.10 Å². The Morgan fingerprint density at radius 3 is 1.16 bits per heavy atom. The molecule has 4 heteroatoms. The third-order valence-corrected chi connectivity index (χ3v) is 9.75. The van der Waals surface area contributed by atoms with Crippen LogP contribution in [-0.2, 0) is 14.3 Å². The maximum Gasteiger partial charge on any atom is 0.306 e. The largest absolute Gasteiger partial charge is 0.457 e. The van der Waals surface area contributed by atoms with Crippen molar-refractivity contribution in [3.63, 3.8) is 0 Å². The molecule has 0 amide bonds. The van der Waals surface area contributed by atoms with Crippen molar-refractivity contribution in [1.82, 2.24) is 0 Å². The van der Waals surface area contributed by atoms with Gasteiger partial charge in [-0.1, -0.05) is 186 Å². The highest BCUT2D eigenvalue weighted by Crippen LogP contribution is 2.14. The number of unbranched alkanes of at least 4 members (excludes halogenated alkanes) is 29. The van der Waals surface area contributed by atoms with E-state index in [2.05, 4.69) is 38.2 Å². The summed E-state index contributed by atoms with van der Waals surface area (Å²) in [4.78, 5) is 12.2. The lowest BCUT2D eigenvalue weighted by Crippen LogP contribution is -2.27. The third-order valence-electron chi connectivity index (χ3n) is 9.75. The van der Waals surface area contributed by atoms with E-state index in [1.165, 1.54) is 193 Å². The fraction of sp³-hybridized carbons (Fsp3) is 0.889. The summed E-state index contributed by atoms with van der Waals surface area (Å²) in [5, 5.41) is 9.60. The molecule has 0 radical (unpaired) electrons. The van der Waals surface area contributed by atoms with E-state index in [4.69, 9.17) is 9.47 Å². The molecule has 290 valence electrons. The quantitative estimate of drug-likeness (QED) is 0.0394. The molecule has 0 aromatic carbocycles. The Labute approximate surface area is 307 Å². The zero-order valence-electron chi connectivity index (χ0n) is 33.2. The molecule has 0 aliphatic carbocycles. The highest BCUT2D eigenvalue weighted by Gasteiger charge is 2.13. The lowest BCUT2D eigenvalue weighted by Gasteiger charge is -2.16. The predicted molar refractivity (Wildman–Crippen MR) is 214 cm³/mol. The lowest BCUT2D eigenvalue weighted by atomic mass is 10.1. The Kier molecular flexibility index (Phi) is 42.0. The molecule has 0 heterocycles. The summed E-state index contributed by atoms with van der Waals surface area (Å²) in [6, 6.07) is 0. The lowest BCUT2D eigenvalue weighted by molar-refractivity contribution is -0.154. The van der Waals surface area contributed by atoms with E-state index >= 15 is 0 Å². The first-order valence-electron chi connectivity index (χ1n) is 21.9. The molecule has 0 fully saturated rings. The molecule has 0 aromatic rings. The molecule has 4 nitrogen and oxygen atoms in total. The monoisotopic (exact) mass is 691 g/mol. The first-order chi connectivity index (χ1) is 24.2. The smallest absolute Gasteiger partial charge is 0.306 e. The van der Waals surface area contributed by atoms with Crippen molar-refractivity contribution in [3.8, 4) is 0 Å². The van der Waals surface area contributed by atoms with Crippen LogP contribution in [0.4, 0.5) is 0 Å². The van der Waals surface area contributed by atoms with Crippen molar-refractivity contribution in [2.75, 3.05) is 19.8 Å². The molecular formula is C45H86O4. The minimum atomic E-state index is -0.534. The fourth-order valence-corrected chi connectivity index (χ4v) is 6.44. The predicted octanol–water partition coefficient (Wildman–Crippen LogP) is 14.3. The number of carbonyl (C=O) groups is 1. The van der Waals surface area contributed by atoms with Crippen molar-refractivity contribution in [2.45, 2.75) is 238 Å². The second-order valence-electron chi connectivity index (χ2n) is 14.8. The Balaban J connectivity index is 3.40. The normalized spacial score (nSPS) is 12.5. The molecular weight excluding hydrogens is 604 g/mol. The SMILES string of the molecule is CCCCCCCC/C=C\CCCCCCCCCCCCOCC(CO)OC(=O)CCCCCCCCC/C=C\CCCCCCCC. The van der Waals surface area contributed by atoms with Crippen LogP contribution in [0.5, 0.6) is 0 Å². The first kappa shape index (κ1) is 47.9. The Morgan fingerprint density at radius 1 is 0.469 bits per heavy atom. The number of aliphatic hydroxyl groups excluding tert-OH is 1. The van der Waals surface area contributed by atoms with Crippen LogP contribution in [-0.4, -0.2) is 37.0 Å². The Morgan fingerprint density at radius 2 is 0.796 bits per heavy atom. The third kappa shape index (κ3) is 41.2. The van der Waals surface area contributed by atoms with Gasteiger partial charge in [-0.15, -0.1) is 0 Å². The van der Waals surface area contributed by atoms with Crippen LogP contribution >= 0.6 is 0 Å². The number of esters is 1. The molecule has 0 bridgehead atoms. The molecule has 1 atom stereocenters. The van der Waals surface area contributed by atoms with Crippen molar-refractivity contribution >= 4 is 5.97 Å². The van der Waals surface area contributed by atoms with Gasteiger partial charge in [0.25, 0.3) is 0 Å². The van der Waals surface area contributed by atoms with E-state index < -0.39 is 6.10 Å². The summed E-state index contributed by atoms with van der Waals surface area (Å²) in [6.07, 6.45) is 52.4. The van der Waals surface area contributed by atoms with Gasteiger partial charge < -0.3 is 14.6 Å². The van der Waals surface area contributed by atoms with E-state index in [-0.39, 0.29) is 12.6 Å². The zero-order valence-corrected chi connectivity index (χ0v) is 33.2. The molecule has 0 spiro atoms. The van der Waals surface area contributed by atoms with Crippen LogP contribution in [0.25, 0.3) is 0 Å². The molecule has 0 saturated heterocycles. The van der Waals surface area contributed by atoms with E-state index in [1.54, 1.807) is 0 Å². The van der Waals surface area contributed by atoms with Crippen LogP contribution in [0.3, 0.4) is 0 Å². The summed E-state index contributed by atoms with van der Waals surface area (Å²) in [5.41, 5.74) is 0. The van der Waals surface area contributed by atoms with Gasteiger partial charge in [0.05, 0.1) is 13.2 Å². The van der Waals surface area contributed by atoms with E-state index in [0.29, 0.717) is 19.6 Å². The number of aliphatic hydroxyl groups is 1. The molecule has 0 aliphatic heterocycles. The van der Waals surface area contributed by atoms with E-state index in [0.717, 1.165) is 19.3 Å². The molecule has 1 unspecified atom stereocenters. The van der Waals surface area contributed by atoms with Gasteiger partial charge >= 0.3 is 5.97 Å². The van der Waals surface area contributed by atoms with Crippen molar-refractivity contribution < 1.29 is 19.4 Å². The number of rotatable bonds is 41. The zero-order chi connectivity index (χ0) is 35.6. The molecule has 49 heavy (non-hydrogen) atoms. The van der Waals surface area contributed by atoms with Crippen molar-refractivity contribution in [2.24, 2.45) is 0 Å². The maximum atomic E-state index is 12.2. The van der Waals surface area contributed by atoms with Crippen molar-refractivity contribution in [3.05, 3.63) is 24.3 Å². The first-order valence-corrected chi connectivity index (χ1v) is 21.9. The van der Waals surface area contributed by atoms with Gasteiger partial charge in [-0.2, -0.15) is 0 Å². The van der Waals surface area contributed by atoms with Gasteiger partial charge in [-0.05, 0) is 64.2 Å². The van der Waals surface area contributed by atoms with Crippen LogP contribution < -0.4 is 0 Å². The van der Waals surface area contributed by atoms with E-state index in [9.17, 15) is 9.90 Å². The molecule has 0 aromatic heterocycles. The number of ether oxygens (including phenoxy) is 2. The Hall–Kier alpha value is -1.13. The van der Waals surface area contributed by atoms with Gasteiger partial charge in [0.2, 0.25) is 0 Å². The second kappa shape index (κ2) is 43.0. The minimum absolute atomic E-state index is 0.171. The van der Waals surface area contributed by atoms with Gasteiger partial charge in [0, 0.05) is 13.0 Å². The number of allylic oxidation sites excluding steroid dienone is 4. The minimum Gasteiger partial charge on any atom is -0.457 e. The standard InChI is InChI=1S/C45H86O4/c1-3-5-7-9-11-13-15-17-19-21-22-23-25-27-29-31-33-35-37-39-41-48-43-44(42-46)49-45(47)40-38-36-34-32-30-28-26-24-20-18-16-14-12-10-8-6-4-2/h17-20,44,46H,3-16,21-43H2,1-2H3/b19-17-,20-18-. The molecule has 0 saturated carbocycles. The summed E-state index contributed by atoms with van der Waals surface area (Å²) >= 11 is 0. The van der Waals surface area contributed by atoms with Crippen LogP contribution in [0.2, 0.25) is 0 Å². The van der Waals surface area contributed by atoms with Gasteiger partial charge in [0.15, 0.2) is 0 Å². The Bertz CT molecular complexity index is 688. The molecule has 0 rings (SSSR count). The summed E-state index contributed by atoms with van der Waals surface area (Å²) in [7, 11) is 0. The van der Waals surface area contributed by atoms with Crippen LogP contribution in [0.1, 0.15) is 232 Å². The highest BCUT2D eigenvalue weighted by molar-refractivity contribution is 5.69. The van der Waals surface area contributed by atoms with Crippen LogP contribution in [0, 0.1) is 0 Å². The molecule has 0 aliphatic rings. The number of hydrogen-bond acceptors (Lipinski definition) is 4. The average Bonchev–Trinajstić information content (AvgIpc) is 3.11. The topological polar surface area (TPSA) is 55.8 Å². The van der Waals surface area contributed by atoms with Gasteiger partial charge in [-0.3, -0.25) is 4.79 Å². The van der Waals surface area contributed by atoms with Gasteiger partial charge in [-0.25, -0.2) is 0 Å². The van der Waals surface area contributed by atoms with Crippen molar-refractivity contribution in [1.29, 1.82) is 0 Å². The maximum absolute atomic E-state index is 12.2. The average molecular weight is 691 g/mol. The summed E-state index contributed by atoms with van der Waals surface area (Å²) in [6.45, 7) is 5.36. The number of carbonyl (C=O) groups excluding carboxylic acids is 1. The summed E-state index contributed by atoms with van der Waals surface area (Å²) in [5.74, 6) is -0.203. The highest BCUT2D eigenvalue weighted by atomic mass is 16.6. The second-order valence-corrected chi connectivity index (χ2v) is 14.8. The summed E-state index contributed by atoms with van der Waals surface area (Å²) < 4.78 is 11.2. The van der Waals surface area contributed by atoms with E-state index in [1.807, 2.05) is 0 Å². The number of hydrogen-bond donors (Lipinski definition) is 1. The van der Waals surface area contributed by atoms with Crippen LogP contribution in [0.15, 0.2) is 24.3 Å². The fourth-order valence-electron chi connectivity index (χ4n) is 6.44.